The van der Waals surface area contributed by atoms with Crippen molar-refractivity contribution in [3.63, 3.8) is 0 Å². The van der Waals surface area contributed by atoms with Crippen LogP contribution >= 0.6 is 0 Å². The molecule has 0 spiro atoms. The summed E-state index contributed by atoms with van der Waals surface area (Å²) in [4.78, 5) is 7.71. The lowest BCUT2D eigenvalue weighted by molar-refractivity contribution is 0.415. The SMILES string of the molecule is CS(=O)(=O)Oc1ncc(C2CCC2)cn1. The molecule has 1 aromatic rings. The van der Waals surface area contributed by atoms with Gasteiger partial charge in [-0.2, -0.15) is 8.42 Å². The highest BCUT2D eigenvalue weighted by molar-refractivity contribution is 7.86. The third-order valence-corrected chi connectivity index (χ3v) is 2.90. The fourth-order valence-corrected chi connectivity index (χ4v) is 1.81. The second-order valence-electron chi connectivity index (χ2n) is 3.71. The maximum absolute atomic E-state index is 10.8. The van der Waals surface area contributed by atoms with Gasteiger partial charge >= 0.3 is 16.1 Å². The molecule has 6 heteroatoms. The summed E-state index contributed by atoms with van der Waals surface area (Å²) < 4.78 is 26.1. The van der Waals surface area contributed by atoms with Gasteiger partial charge < -0.3 is 4.18 Å². The summed E-state index contributed by atoms with van der Waals surface area (Å²) >= 11 is 0. The minimum Gasteiger partial charge on any atom is -0.343 e. The molecule has 1 aliphatic carbocycles. The van der Waals surface area contributed by atoms with Crippen LogP contribution in [0.3, 0.4) is 0 Å². The van der Waals surface area contributed by atoms with Gasteiger partial charge in [0.1, 0.15) is 0 Å². The molecule has 1 aliphatic rings. The fraction of sp³-hybridized carbons (Fsp3) is 0.556. The van der Waals surface area contributed by atoms with E-state index in [9.17, 15) is 8.42 Å². The van der Waals surface area contributed by atoms with E-state index in [0.717, 1.165) is 24.7 Å². The third-order valence-electron chi connectivity index (χ3n) is 2.45. The smallest absolute Gasteiger partial charge is 0.332 e. The van der Waals surface area contributed by atoms with Crippen molar-refractivity contribution >= 4 is 10.1 Å². The van der Waals surface area contributed by atoms with E-state index in [1.165, 1.54) is 6.42 Å². The van der Waals surface area contributed by atoms with Gasteiger partial charge in [-0.25, -0.2) is 9.97 Å². The summed E-state index contributed by atoms with van der Waals surface area (Å²) in [7, 11) is -3.53. The summed E-state index contributed by atoms with van der Waals surface area (Å²) in [5.74, 6) is 0.539. The molecule has 0 bridgehead atoms. The predicted molar refractivity (Wildman–Crippen MR) is 54.1 cm³/mol. The first-order valence-electron chi connectivity index (χ1n) is 4.76. The molecule has 2 rings (SSSR count). The lowest BCUT2D eigenvalue weighted by Gasteiger charge is -2.24. The first-order chi connectivity index (χ1) is 7.04. The minimum atomic E-state index is -3.53. The maximum atomic E-state index is 10.8. The van der Waals surface area contributed by atoms with Crippen LogP contribution in [0.15, 0.2) is 12.4 Å². The summed E-state index contributed by atoms with van der Waals surface area (Å²) in [5, 5.41) is 0. The van der Waals surface area contributed by atoms with Crippen LogP contribution < -0.4 is 4.18 Å². The zero-order valence-corrected chi connectivity index (χ0v) is 9.20. The van der Waals surface area contributed by atoms with E-state index >= 15 is 0 Å². The Morgan fingerprint density at radius 3 is 2.33 bits per heavy atom. The Hall–Kier alpha value is -1.17. The topological polar surface area (TPSA) is 69.2 Å². The average Bonchev–Trinajstić information content (AvgIpc) is 2.02. The molecular formula is C9H12N2O3S. The fourth-order valence-electron chi connectivity index (χ4n) is 1.46. The molecular weight excluding hydrogens is 216 g/mol. The van der Waals surface area contributed by atoms with Gasteiger partial charge in [0.15, 0.2) is 0 Å². The van der Waals surface area contributed by atoms with Crippen molar-refractivity contribution in [3.8, 4) is 6.01 Å². The lowest BCUT2D eigenvalue weighted by Crippen LogP contribution is -2.11. The van der Waals surface area contributed by atoms with Gasteiger partial charge in [-0.1, -0.05) is 6.42 Å². The molecule has 82 valence electrons. The highest BCUT2D eigenvalue weighted by atomic mass is 32.2. The van der Waals surface area contributed by atoms with Gasteiger partial charge in [0, 0.05) is 12.4 Å². The van der Waals surface area contributed by atoms with E-state index in [2.05, 4.69) is 14.2 Å². The molecule has 0 aromatic carbocycles. The van der Waals surface area contributed by atoms with Crippen LogP contribution in [0, 0.1) is 0 Å². The van der Waals surface area contributed by atoms with E-state index in [4.69, 9.17) is 0 Å². The number of aromatic nitrogens is 2. The molecule has 15 heavy (non-hydrogen) atoms. The molecule has 1 saturated carbocycles. The Morgan fingerprint density at radius 1 is 1.33 bits per heavy atom. The molecule has 0 radical (unpaired) electrons. The molecule has 0 unspecified atom stereocenters. The highest BCUT2D eigenvalue weighted by Crippen LogP contribution is 2.35. The second kappa shape index (κ2) is 3.77. The zero-order chi connectivity index (χ0) is 10.9. The molecule has 0 saturated heterocycles. The van der Waals surface area contributed by atoms with E-state index in [0.29, 0.717) is 5.92 Å². The molecule has 1 aromatic heterocycles. The van der Waals surface area contributed by atoms with Crippen LogP contribution in [0.2, 0.25) is 0 Å². The van der Waals surface area contributed by atoms with Gasteiger partial charge in [-0.15, -0.1) is 0 Å². The molecule has 0 N–H and O–H groups in total. The van der Waals surface area contributed by atoms with Crippen LogP contribution in [-0.4, -0.2) is 24.6 Å². The average molecular weight is 228 g/mol. The zero-order valence-electron chi connectivity index (χ0n) is 8.38. The molecule has 0 aliphatic heterocycles. The van der Waals surface area contributed by atoms with Crippen molar-refractivity contribution in [2.24, 2.45) is 0 Å². The number of rotatable bonds is 3. The number of hydrogen-bond acceptors (Lipinski definition) is 5. The first kappa shape index (κ1) is 10.4. The van der Waals surface area contributed by atoms with Crippen molar-refractivity contribution < 1.29 is 12.6 Å². The lowest BCUT2D eigenvalue weighted by atomic mass is 9.81. The molecule has 5 nitrogen and oxygen atoms in total. The number of hydrogen-bond donors (Lipinski definition) is 0. The molecule has 0 amide bonds. The van der Waals surface area contributed by atoms with E-state index in [-0.39, 0.29) is 6.01 Å². The molecule has 1 heterocycles. The van der Waals surface area contributed by atoms with Crippen molar-refractivity contribution in [2.75, 3.05) is 6.26 Å². The van der Waals surface area contributed by atoms with Crippen molar-refractivity contribution in [2.45, 2.75) is 25.2 Å². The predicted octanol–water partition coefficient (Wildman–Crippen LogP) is 1.08. The Balaban J connectivity index is 2.10. The van der Waals surface area contributed by atoms with E-state index in [1.807, 2.05) is 0 Å². The molecule has 1 fully saturated rings. The van der Waals surface area contributed by atoms with Crippen molar-refractivity contribution in [1.29, 1.82) is 0 Å². The maximum Gasteiger partial charge on any atom is 0.332 e. The summed E-state index contributed by atoms with van der Waals surface area (Å²) in [6.07, 6.45) is 7.81. The Labute approximate surface area is 88.6 Å². The summed E-state index contributed by atoms with van der Waals surface area (Å²) in [6.45, 7) is 0. The Morgan fingerprint density at radius 2 is 1.93 bits per heavy atom. The second-order valence-corrected chi connectivity index (χ2v) is 5.29. The normalized spacial score (nSPS) is 17.1. The quantitative estimate of drug-likeness (QED) is 0.724. The number of nitrogens with zero attached hydrogens (tertiary/aromatic N) is 2. The van der Waals surface area contributed by atoms with Crippen LogP contribution in [0.25, 0.3) is 0 Å². The van der Waals surface area contributed by atoms with Gasteiger partial charge in [-0.3, -0.25) is 0 Å². The monoisotopic (exact) mass is 228 g/mol. The Bertz CT molecular complexity index is 437. The summed E-state index contributed by atoms with van der Waals surface area (Å²) in [6, 6.07) is -0.111. The van der Waals surface area contributed by atoms with Gasteiger partial charge in [-0.05, 0) is 24.3 Å². The molecule has 0 atom stereocenters. The van der Waals surface area contributed by atoms with Gasteiger partial charge in [0.25, 0.3) is 0 Å². The Kier molecular flexibility index (Phi) is 2.60. The van der Waals surface area contributed by atoms with Gasteiger partial charge in [0.2, 0.25) is 0 Å². The largest absolute Gasteiger partial charge is 0.343 e. The van der Waals surface area contributed by atoms with Crippen molar-refractivity contribution in [3.05, 3.63) is 18.0 Å². The van der Waals surface area contributed by atoms with Gasteiger partial charge in [0.05, 0.1) is 6.26 Å². The summed E-state index contributed by atoms with van der Waals surface area (Å²) in [5.41, 5.74) is 1.06. The standard InChI is InChI=1S/C9H12N2O3S/c1-15(12,13)14-9-10-5-8(6-11-9)7-3-2-4-7/h5-7H,2-4H2,1H3. The van der Waals surface area contributed by atoms with Crippen LogP contribution in [0.5, 0.6) is 6.01 Å². The van der Waals surface area contributed by atoms with Crippen LogP contribution in [-0.2, 0) is 10.1 Å². The highest BCUT2D eigenvalue weighted by Gasteiger charge is 2.20. The third kappa shape index (κ3) is 2.65. The minimum absolute atomic E-state index is 0.111. The van der Waals surface area contributed by atoms with Crippen LogP contribution in [0.1, 0.15) is 30.7 Å². The first-order valence-corrected chi connectivity index (χ1v) is 6.58. The van der Waals surface area contributed by atoms with E-state index < -0.39 is 10.1 Å². The van der Waals surface area contributed by atoms with Crippen LogP contribution in [0.4, 0.5) is 0 Å². The van der Waals surface area contributed by atoms with E-state index in [1.54, 1.807) is 12.4 Å². The van der Waals surface area contributed by atoms with Crippen molar-refractivity contribution in [1.82, 2.24) is 9.97 Å².